The summed E-state index contributed by atoms with van der Waals surface area (Å²) in [6.45, 7) is 6.51. The van der Waals surface area contributed by atoms with Crippen LogP contribution in [0.4, 0.5) is 11.5 Å². The molecule has 1 aromatic heterocycles. The third kappa shape index (κ3) is 4.34. The van der Waals surface area contributed by atoms with Crippen molar-refractivity contribution in [1.82, 2.24) is 4.98 Å². The van der Waals surface area contributed by atoms with Gasteiger partial charge in [0, 0.05) is 13.1 Å². The molecule has 0 unspecified atom stereocenters. The zero-order valence-corrected chi connectivity index (χ0v) is 14.5. The van der Waals surface area contributed by atoms with Crippen LogP contribution in [0, 0.1) is 12.8 Å². The minimum Gasteiger partial charge on any atom is -0.370 e. The molecule has 1 aromatic carbocycles. The number of amides is 1. The van der Waals surface area contributed by atoms with Gasteiger partial charge in [-0.1, -0.05) is 36.8 Å². The molecule has 4 nitrogen and oxygen atoms in total. The van der Waals surface area contributed by atoms with Crippen molar-refractivity contribution >= 4 is 17.4 Å². The molecule has 1 amide bonds. The van der Waals surface area contributed by atoms with E-state index in [4.69, 9.17) is 0 Å². The van der Waals surface area contributed by atoms with Crippen LogP contribution < -0.4 is 10.2 Å². The molecule has 0 saturated carbocycles. The molecular weight excluding hydrogens is 298 g/mol. The van der Waals surface area contributed by atoms with Gasteiger partial charge in [0.1, 0.15) is 5.82 Å². The smallest absolute Gasteiger partial charge is 0.229 e. The summed E-state index contributed by atoms with van der Waals surface area (Å²) in [5.74, 6) is 1.39. The zero-order chi connectivity index (χ0) is 16.9. The number of carbonyl (C=O) groups is 1. The second-order valence-electron chi connectivity index (χ2n) is 6.79. The van der Waals surface area contributed by atoms with Gasteiger partial charge in [-0.3, -0.25) is 4.79 Å². The maximum atomic E-state index is 12.2. The van der Waals surface area contributed by atoms with E-state index in [1.807, 2.05) is 49.5 Å². The molecular formula is C20H25N3O. The third-order valence-corrected chi connectivity index (χ3v) is 4.61. The summed E-state index contributed by atoms with van der Waals surface area (Å²) in [6, 6.07) is 12.0. The molecule has 0 atom stereocenters. The molecule has 1 saturated heterocycles. The Morgan fingerprint density at radius 1 is 1.25 bits per heavy atom. The molecule has 0 bridgehead atoms. The number of piperidine rings is 1. The number of aryl methyl sites for hydroxylation is 1. The summed E-state index contributed by atoms with van der Waals surface area (Å²) in [4.78, 5) is 18.9. The zero-order valence-electron chi connectivity index (χ0n) is 14.5. The van der Waals surface area contributed by atoms with Gasteiger partial charge in [0.25, 0.3) is 0 Å². The number of hydrogen-bond donors (Lipinski definition) is 1. The fraction of sp³-hybridized carbons (Fsp3) is 0.400. The molecule has 1 fully saturated rings. The van der Waals surface area contributed by atoms with Crippen LogP contribution in [0.15, 0.2) is 42.6 Å². The summed E-state index contributed by atoms with van der Waals surface area (Å²) in [7, 11) is 0. The maximum Gasteiger partial charge on any atom is 0.229 e. The minimum absolute atomic E-state index is 0.0346. The lowest BCUT2D eigenvalue weighted by Gasteiger charge is -2.31. The normalized spacial score (nSPS) is 15.3. The van der Waals surface area contributed by atoms with E-state index in [-0.39, 0.29) is 5.91 Å². The largest absolute Gasteiger partial charge is 0.370 e. The van der Waals surface area contributed by atoms with E-state index in [0.717, 1.165) is 30.3 Å². The van der Waals surface area contributed by atoms with E-state index >= 15 is 0 Å². The van der Waals surface area contributed by atoms with Crippen LogP contribution in [-0.2, 0) is 11.2 Å². The monoisotopic (exact) mass is 323 g/mol. The molecule has 3 rings (SSSR count). The van der Waals surface area contributed by atoms with Crippen molar-refractivity contribution in [2.75, 3.05) is 23.3 Å². The molecule has 0 spiro atoms. The van der Waals surface area contributed by atoms with Gasteiger partial charge >= 0.3 is 0 Å². The number of hydrogen-bond acceptors (Lipinski definition) is 3. The highest BCUT2D eigenvalue weighted by Gasteiger charge is 2.16. The van der Waals surface area contributed by atoms with Crippen molar-refractivity contribution in [2.45, 2.75) is 33.1 Å². The van der Waals surface area contributed by atoms with Crippen molar-refractivity contribution in [3.63, 3.8) is 0 Å². The van der Waals surface area contributed by atoms with Crippen LogP contribution in [0.3, 0.4) is 0 Å². The lowest BCUT2D eigenvalue weighted by atomic mass is 9.99. The predicted octanol–water partition coefficient (Wildman–Crippen LogP) is 3.81. The highest BCUT2D eigenvalue weighted by molar-refractivity contribution is 5.91. The van der Waals surface area contributed by atoms with Gasteiger partial charge in [0.15, 0.2) is 0 Å². The van der Waals surface area contributed by atoms with Gasteiger partial charge in [0.05, 0.1) is 18.3 Å². The Hall–Kier alpha value is -2.36. The van der Waals surface area contributed by atoms with Crippen LogP contribution in [0.1, 0.15) is 30.9 Å². The van der Waals surface area contributed by atoms with Crippen LogP contribution in [0.25, 0.3) is 0 Å². The molecule has 1 N–H and O–H groups in total. The third-order valence-electron chi connectivity index (χ3n) is 4.61. The van der Waals surface area contributed by atoms with Crippen molar-refractivity contribution in [3.8, 4) is 0 Å². The quantitative estimate of drug-likeness (QED) is 0.930. The molecule has 2 heterocycles. The van der Waals surface area contributed by atoms with E-state index in [2.05, 4.69) is 22.1 Å². The van der Waals surface area contributed by atoms with Crippen LogP contribution in [0.5, 0.6) is 0 Å². The molecule has 24 heavy (non-hydrogen) atoms. The van der Waals surface area contributed by atoms with E-state index < -0.39 is 0 Å². The number of nitrogens with one attached hydrogen (secondary N) is 1. The standard InChI is InChI=1S/C20H25N3O/c1-15-8-10-23(11-9-15)18-6-7-19(21-14-18)22-20(24)13-17-5-3-4-16(2)12-17/h3-7,12,14-15H,8-11,13H2,1-2H3,(H,21,22,24). The summed E-state index contributed by atoms with van der Waals surface area (Å²) < 4.78 is 0. The number of anilines is 2. The van der Waals surface area contributed by atoms with Gasteiger partial charge < -0.3 is 10.2 Å². The summed E-state index contributed by atoms with van der Waals surface area (Å²) in [5, 5.41) is 2.88. The Kier molecular flexibility index (Phi) is 5.14. The first-order valence-electron chi connectivity index (χ1n) is 8.66. The maximum absolute atomic E-state index is 12.2. The fourth-order valence-corrected chi connectivity index (χ4v) is 3.11. The lowest BCUT2D eigenvalue weighted by molar-refractivity contribution is -0.115. The fourth-order valence-electron chi connectivity index (χ4n) is 3.11. The van der Waals surface area contributed by atoms with Gasteiger partial charge in [-0.05, 0) is 43.4 Å². The number of benzene rings is 1. The Labute approximate surface area is 143 Å². The molecule has 0 radical (unpaired) electrons. The first-order chi connectivity index (χ1) is 11.6. The van der Waals surface area contributed by atoms with E-state index in [1.165, 1.54) is 18.4 Å². The van der Waals surface area contributed by atoms with E-state index in [1.54, 1.807) is 0 Å². The van der Waals surface area contributed by atoms with Crippen LogP contribution >= 0.6 is 0 Å². The van der Waals surface area contributed by atoms with Crippen LogP contribution in [-0.4, -0.2) is 24.0 Å². The van der Waals surface area contributed by atoms with E-state index in [9.17, 15) is 4.79 Å². The molecule has 1 aliphatic rings. The predicted molar refractivity (Wildman–Crippen MR) is 98.4 cm³/mol. The van der Waals surface area contributed by atoms with E-state index in [0.29, 0.717) is 12.2 Å². The Morgan fingerprint density at radius 2 is 2.04 bits per heavy atom. The highest BCUT2D eigenvalue weighted by atomic mass is 16.1. The minimum atomic E-state index is -0.0346. The Morgan fingerprint density at radius 3 is 2.71 bits per heavy atom. The number of carbonyl (C=O) groups excluding carboxylic acids is 1. The van der Waals surface area contributed by atoms with Gasteiger partial charge in [-0.2, -0.15) is 0 Å². The molecule has 2 aromatic rings. The average Bonchev–Trinajstić information content (AvgIpc) is 2.56. The van der Waals surface area contributed by atoms with Crippen molar-refractivity contribution in [2.24, 2.45) is 5.92 Å². The molecule has 0 aliphatic carbocycles. The van der Waals surface area contributed by atoms with Gasteiger partial charge in [-0.25, -0.2) is 4.98 Å². The second kappa shape index (κ2) is 7.47. The summed E-state index contributed by atoms with van der Waals surface area (Å²) >= 11 is 0. The Balaban J connectivity index is 1.56. The number of aromatic nitrogens is 1. The average molecular weight is 323 g/mol. The van der Waals surface area contributed by atoms with Crippen LogP contribution in [0.2, 0.25) is 0 Å². The molecule has 126 valence electrons. The number of rotatable bonds is 4. The first-order valence-corrected chi connectivity index (χ1v) is 8.66. The molecule has 1 aliphatic heterocycles. The summed E-state index contributed by atoms with van der Waals surface area (Å²) in [6.07, 6.45) is 4.69. The first kappa shape index (κ1) is 16.5. The van der Waals surface area contributed by atoms with Gasteiger partial charge in [-0.15, -0.1) is 0 Å². The second-order valence-corrected chi connectivity index (χ2v) is 6.79. The number of pyridine rings is 1. The summed E-state index contributed by atoms with van der Waals surface area (Å²) in [5.41, 5.74) is 3.32. The van der Waals surface area contributed by atoms with Gasteiger partial charge in [0.2, 0.25) is 5.91 Å². The lowest BCUT2D eigenvalue weighted by Crippen LogP contribution is -2.32. The highest BCUT2D eigenvalue weighted by Crippen LogP contribution is 2.23. The topological polar surface area (TPSA) is 45.2 Å². The molecule has 4 heteroatoms. The number of nitrogens with zero attached hydrogens (tertiary/aromatic N) is 2. The van der Waals surface area contributed by atoms with Crippen molar-refractivity contribution < 1.29 is 4.79 Å². The Bertz CT molecular complexity index is 688. The SMILES string of the molecule is Cc1cccc(CC(=O)Nc2ccc(N3CCC(C)CC3)cn2)c1. The van der Waals surface area contributed by atoms with Crippen molar-refractivity contribution in [3.05, 3.63) is 53.7 Å². The van der Waals surface area contributed by atoms with Crippen molar-refractivity contribution in [1.29, 1.82) is 0 Å².